The van der Waals surface area contributed by atoms with E-state index in [1.54, 1.807) is 12.3 Å². The standard InChI is InChI=1S/C26H29FN4/c1-19-16-31(24-10-8-21(9-11-24)26(2,3)4)18-30(19)17-20-12-13-28-25(14-20)29-23-7-5-6-22(27)15-23/h5-16H,17-18H2,1-4H3,(H,28,29). The Hall–Kier alpha value is -3.34. The van der Waals surface area contributed by atoms with Gasteiger partial charge in [0.25, 0.3) is 0 Å². The van der Waals surface area contributed by atoms with E-state index in [1.807, 2.05) is 18.2 Å². The molecule has 160 valence electrons. The lowest BCUT2D eigenvalue weighted by Gasteiger charge is -2.24. The molecule has 0 spiro atoms. The van der Waals surface area contributed by atoms with Gasteiger partial charge in [-0.05, 0) is 65.9 Å². The van der Waals surface area contributed by atoms with E-state index in [2.05, 4.69) is 78.3 Å². The van der Waals surface area contributed by atoms with Crippen molar-refractivity contribution in [3.05, 3.63) is 95.7 Å². The number of benzene rings is 2. The number of rotatable bonds is 5. The molecule has 0 saturated heterocycles. The minimum absolute atomic E-state index is 0.153. The molecule has 0 saturated carbocycles. The van der Waals surface area contributed by atoms with Crippen LogP contribution in [-0.4, -0.2) is 16.6 Å². The number of nitrogens with zero attached hydrogens (tertiary/aromatic N) is 3. The van der Waals surface area contributed by atoms with Crippen molar-refractivity contribution >= 4 is 17.2 Å². The smallest absolute Gasteiger partial charge is 0.130 e. The van der Waals surface area contributed by atoms with Gasteiger partial charge in [-0.15, -0.1) is 0 Å². The van der Waals surface area contributed by atoms with E-state index < -0.39 is 0 Å². The zero-order valence-electron chi connectivity index (χ0n) is 18.6. The number of aromatic nitrogens is 1. The Labute approximate surface area is 184 Å². The normalized spacial score (nSPS) is 14.0. The molecule has 0 aliphatic carbocycles. The Morgan fingerprint density at radius 1 is 1.03 bits per heavy atom. The molecule has 5 heteroatoms. The third-order valence-corrected chi connectivity index (χ3v) is 5.52. The van der Waals surface area contributed by atoms with Crippen molar-refractivity contribution in [2.45, 2.75) is 39.7 Å². The van der Waals surface area contributed by atoms with Crippen LogP contribution in [0.5, 0.6) is 0 Å². The van der Waals surface area contributed by atoms with Gasteiger partial charge >= 0.3 is 0 Å². The summed E-state index contributed by atoms with van der Waals surface area (Å²) in [6.07, 6.45) is 3.98. The number of halogens is 1. The summed E-state index contributed by atoms with van der Waals surface area (Å²) in [4.78, 5) is 8.98. The van der Waals surface area contributed by atoms with E-state index in [0.29, 0.717) is 11.5 Å². The summed E-state index contributed by atoms with van der Waals surface area (Å²) in [5, 5.41) is 3.18. The highest BCUT2D eigenvalue weighted by atomic mass is 19.1. The molecule has 1 N–H and O–H groups in total. The van der Waals surface area contributed by atoms with Gasteiger partial charge in [0.15, 0.2) is 0 Å². The fourth-order valence-electron chi connectivity index (χ4n) is 3.70. The molecule has 3 aromatic rings. The van der Waals surface area contributed by atoms with Gasteiger partial charge in [-0.2, -0.15) is 0 Å². The second kappa shape index (κ2) is 8.42. The molecule has 2 aromatic carbocycles. The number of hydrogen-bond acceptors (Lipinski definition) is 4. The van der Waals surface area contributed by atoms with Gasteiger partial charge in [0.1, 0.15) is 11.6 Å². The largest absolute Gasteiger partial charge is 0.351 e. The van der Waals surface area contributed by atoms with Gasteiger partial charge in [0, 0.05) is 36.0 Å². The SMILES string of the molecule is CC1=CN(c2ccc(C(C)(C)C)cc2)CN1Cc1ccnc(Nc2cccc(F)c2)c1. The van der Waals surface area contributed by atoms with Gasteiger partial charge in [-0.3, -0.25) is 0 Å². The topological polar surface area (TPSA) is 31.4 Å². The monoisotopic (exact) mass is 416 g/mol. The number of pyridine rings is 1. The minimum atomic E-state index is -0.269. The summed E-state index contributed by atoms with van der Waals surface area (Å²) < 4.78 is 13.4. The molecule has 0 radical (unpaired) electrons. The molecular formula is C26H29FN4. The van der Waals surface area contributed by atoms with Crippen LogP contribution in [0.15, 0.2) is 78.8 Å². The lowest BCUT2D eigenvalue weighted by atomic mass is 9.87. The summed E-state index contributed by atoms with van der Waals surface area (Å²) in [5.41, 5.74) is 5.73. The first-order valence-corrected chi connectivity index (χ1v) is 10.6. The van der Waals surface area contributed by atoms with Crippen LogP contribution < -0.4 is 10.2 Å². The molecule has 2 heterocycles. The van der Waals surface area contributed by atoms with Crippen LogP contribution >= 0.6 is 0 Å². The summed E-state index contributed by atoms with van der Waals surface area (Å²) in [6, 6.07) is 19.3. The van der Waals surface area contributed by atoms with Crippen LogP contribution in [0.25, 0.3) is 0 Å². The van der Waals surface area contributed by atoms with Crippen molar-refractivity contribution in [1.82, 2.24) is 9.88 Å². The molecule has 31 heavy (non-hydrogen) atoms. The van der Waals surface area contributed by atoms with E-state index in [0.717, 1.165) is 18.8 Å². The van der Waals surface area contributed by atoms with E-state index in [9.17, 15) is 4.39 Å². The van der Waals surface area contributed by atoms with Gasteiger partial charge in [0.2, 0.25) is 0 Å². The minimum Gasteiger partial charge on any atom is -0.351 e. The highest BCUT2D eigenvalue weighted by Gasteiger charge is 2.20. The van der Waals surface area contributed by atoms with Crippen LogP contribution in [-0.2, 0) is 12.0 Å². The quantitative estimate of drug-likeness (QED) is 0.521. The summed E-state index contributed by atoms with van der Waals surface area (Å²) >= 11 is 0. The highest BCUT2D eigenvalue weighted by molar-refractivity contribution is 5.56. The first kappa shape index (κ1) is 20.9. The van der Waals surface area contributed by atoms with Crippen molar-refractivity contribution in [2.75, 3.05) is 16.9 Å². The second-order valence-electron chi connectivity index (χ2n) is 9.06. The van der Waals surface area contributed by atoms with Gasteiger partial charge in [-0.25, -0.2) is 9.37 Å². The van der Waals surface area contributed by atoms with Crippen LogP contribution in [0.1, 0.15) is 38.8 Å². The predicted octanol–water partition coefficient (Wildman–Crippen LogP) is 6.40. The van der Waals surface area contributed by atoms with E-state index >= 15 is 0 Å². The summed E-state index contributed by atoms with van der Waals surface area (Å²) in [5.74, 6) is 0.438. The molecule has 1 aliphatic rings. The Kier molecular flexibility index (Phi) is 5.68. The van der Waals surface area contributed by atoms with Crippen molar-refractivity contribution in [3.63, 3.8) is 0 Å². The van der Waals surface area contributed by atoms with E-state index in [1.165, 1.54) is 29.1 Å². The first-order chi connectivity index (χ1) is 14.8. The van der Waals surface area contributed by atoms with Gasteiger partial charge in [-0.1, -0.05) is 39.0 Å². The average Bonchev–Trinajstić information content (AvgIpc) is 3.08. The van der Waals surface area contributed by atoms with E-state index in [4.69, 9.17) is 0 Å². The Balaban J connectivity index is 1.43. The fourth-order valence-corrected chi connectivity index (χ4v) is 3.70. The number of nitrogens with one attached hydrogen (secondary N) is 1. The van der Waals surface area contributed by atoms with Crippen molar-refractivity contribution in [2.24, 2.45) is 0 Å². The molecule has 0 unspecified atom stereocenters. The zero-order chi connectivity index (χ0) is 22.0. The molecule has 1 aliphatic heterocycles. The number of anilines is 3. The molecular weight excluding hydrogens is 387 g/mol. The van der Waals surface area contributed by atoms with Gasteiger partial charge < -0.3 is 15.1 Å². The summed E-state index contributed by atoms with van der Waals surface area (Å²) in [6.45, 7) is 10.4. The average molecular weight is 417 g/mol. The molecule has 0 fully saturated rings. The maximum absolute atomic E-state index is 13.4. The van der Waals surface area contributed by atoms with Crippen LogP contribution in [0.3, 0.4) is 0 Å². The molecule has 4 nitrogen and oxygen atoms in total. The maximum atomic E-state index is 13.4. The first-order valence-electron chi connectivity index (χ1n) is 10.6. The lowest BCUT2D eigenvalue weighted by Crippen LogP contribution is -2.26. The molecule has 0 amide bonds. The molecule has 0 bridgehead atoms. The van der Waals surface area contributed by atoms with Crippen molar-refractivity contribution in [1.29, 1.82) is 0 Å². The van der Waals surface area contributed by atoms with Crippen molar-refractivity contribution in [3.8, 4) is 0 Å². The zero-order valence-corrected chi connectivity index (χ0v) is 18.6. The third-order valence-electron chi connectivity index (χ3n) is 5.52. The predicted molar refractivity (Wildman–Crippen MR) is 126 cm³/mol. The van der Waals surface area contributed by atoms with Crippen LogP contribution in [0.2, 0.25) is 0 Å². The van der Waals surface area contributed by atoms with Crippen molar-refractivity contribution < 1.29 is 4.39 Å². The fraction of sp³-hybridized carbons (Fsp3) is 0.269. The van der Waals surface area contributed by atoms with E-state index in [-0.39, 0.29) is 11.2 Å². The molecule has 0 atom stereocenters. The highest BCUT2D eigenvalue weighted by Crippen LogP contribution is 2.28. The Morgan fingerprint density at radius 2 is 1.81 bits per heavy atom. The Morgan fingerprint density at radius 3 is 2.52 bits per heavy atom. The maximum Gasteiger partial charge on any atom is 0.130 e. The van der Waals surface area contributed by atoms with Gasteiger partial charge in [0.05, 0.1) is 6.67 Å². The van der Waals surface area contributed by atoms with Crippen LogP contribution in [0, 0.1) is 5.82 Å². The number of allylic oxidation sites excluding steroid dienone is 1. The van der Waals surface area contributed by atoms with Crippen LogP contribution in [0.4, 0.5) is 21.6 Å². The number of hydrogen-bond donors (Lipinski definition) is 1. The second-order valence-corrected chi connectivity index (χ2v) is 9.06. The molecule has 4 rings (SSSR count). The lowest BCUT2D eigenvalue weighted by molar-refractivity contribution is 0.370. The summed E-state index contributed by atoms with van der Waals surface area (Å²) in [7, 11) is 0. The Bertz CT molecular complexity index is 1080. The third kappa shape index (κ3) is 5.05. The molecule has 1 aromatic heterocycles.